The third kappa shape index (κ3) is 4.87. The summed E-state index contributed by atoms with van der Waals surface area (Å²) in [7, 11) is 0. The number of carbonyl (C=O) groups excluding carboxylic acids is 1. The first-order valence-electron chi connectivity index (χ1n) is 10.2. The van der Waals surface area contributed by atoms with Crippen molar-refractivity contribution in [3.05, 3.63) is 65.4 Å². The largest absolute Gasteiger partial charge is 0.490 e. The van der Waals surface area contributed by atoms with Crippen LogP contribution >= 0.6 is 0 Å². The summed E-state index contributed by atoms with van der Waals surface area (Å²) in [6, 6.07) is 8.64. The first-order chi connectivity index (χ1) is 15.6. The second-order valence-corrected chi connectivity index (χ2v) is 9.22. The Morgan fingerprint density at radius 3 is 2.82 bits per heavy atom. The Bertz CT molecular complexity index is 1280. The predicted molar refractivity (Wildman–Crippen MR) is 127 cm³/mol. The number of nitrogens with zero attached hydrogens (tertiary/aromatic N) is 4. The highest BCUT2D eigenvalue weighted by atomic mass is 32.2. The van der Waals surface area contributed by atoms with Crippen molar-refractivity contribution in [1.82, 2.24) is 19.9 Å². The molecule has 4 rings (SSSR count). The minimum Gasteiger partial charge on any atom is -0.490 e. The average Bonchev–Trinajstić information content (AvgIpc) is 3.09. The van der Waals surface area contributed by atoms with Gasteiger partial charge in [-0.3, -0.25) is 14.1 Å². The number of pyridine rings is 1. The zero-order chi connectivity index (χ0) is 23.8. The van der Waals surface area contributed by atoms with Crippen LogP contribution in [0.2, 0.25) is 0 Å². The number of hydrogen-bond acceptors (Lipinski definition) is 6. The van der Waals surface area contributed by atoms with Crippen LogP contribution in [0.1, 0.15) is 41.3 Å². The minimum absolute atomic E-state index is 0.133. The van der Waals surface area contributed by atoms with Gasteiger partial charge in [-0.2, -0.15) is 4.40 Å². The summed E-state index contributed by atoms with van der Waals surface area (Å²) in [5, 5.41) is 3.00. The maximum atomic E-state index is 13.0. The fourth-order valence-electron chi connectivity index (χ4n) is 3.47. The van der Waals surface area contributed by atoms with Crippen molar-refractivity contribution in [2.75, 3.05) is 11.3 Å². The highest BCUT2D eigenvalue weighted by Crippen LogP contribution is 2.30. The maximum absolute atomic E-state index is 13.0. The van der Waals surface area contributed by atoms with Gasteiger partial charge >= 0.3 is 0 Å². The van der Waals surface area contributed by atoms with E-state index < -0.39 is 16.7 Å². The van der Waals surface area contributed by atoms with E-state index in [1.54, 1.807) is 36.5 Å². The molecule has 0 spiro atoms. The van der Waals surface area contributed by atoms with E-state index in [4.69, 9.17) is 10.5 Å². The standard InChI is InChI=1S/C22H25N7O3S/c1-13-11-29(14(2)25-13)18-10-15(8-9-24-18)21(30)26-22(3,4)12-32-17-7-5-6-16-19(17)20(23)28-33(31)27-16/h5-11,27H,12H2,1-4H3,(H2,23,28)(H,26,30). The fraction of sp³-hybridized carbons (Fsp3) is 0.273. The van der Waals surface area contributed by atoms with Crippen LogP contribution < -0.4 is 20.5 Å². The Balaban J connectivity index is 1.47. The van der Waals surface area contributed by atoms with Crippen LogP contribution in [0.5, 0.6) is 5.75 Å². The Morgan fingerprint density at radius 2 is 2.09 bits per heavy atom. The molecule has 0 fully saturated rings. The molecule has 1 unspecified atom stereocenters. The van der Waals surface area contributed by atoms with Gasteiger partial charge in [0.2, 0.25) is 11.2 Å². The zero-order valence-electron chi connectivity index (χ0n) is 18.7. The van der Waals surface area contributed by atoms with Crippen LogP contribution in [-0.4, -0.2) is 42.6 Å². The Kier molecular flexibility index (Phi) is 5.90. The van der Waals surface area contributed by atoms with E-state index in [2.05, 4.69) is 24.4 Å². The van der Waals surface area contributed by atoms with Gasteiger partial charge in [0.1, 0.15) is 29.8 Å². The number of carbonyl (C=O) groups is 1. The highest BCUT2D eigenvalue weighted by Gasteiger charge is 2.25. The van der Waals surface area contributed by atoms with Crippen molar-refractivity contribution in [3.8, 4) is 11.6 Å². The molecule has 3 aromatic rings. The zero-order valence-corrected chi connectivity index (χ0v) is 19.6. The van der Waals surface area contributed by atoms with Crippen LogP contribution in [0.25, 0.3) is 5.82 Å². The van der Waals surface area contributed by atoms with E-state index in [1.165, 1.54) is 0 Å². The minimum atomic E-state index is -1.62. The van der Waals surface area contributed by atoms with Crippen molar-refractivity contribution in [2.45, 2.75) is 33.2 Å². The first kappa shape index (κ1) is 22.5. The molecule has 1 aromatic carbocycles. The number of hydrogen-bond donors (Lipinski definition) is 3. The van der Waals surface area contributed by atoms with E-state index >= 15 is 0 Å². The second kappa shape index (κ2) is 8.66. The van der Waals surface area contributed by atoms with Gasteiger partial charge in [-0.1, -0.05) is 6.07 Å². The van der Waals surface area contributed by atoms with Gasteiger partial charge in [0, 0.05) is 18.0 Å². The molecule has 2 aromatic heterocycles. The average molecular weight is 468 g/mol. The van der Waals surface area contributed by atoms with Gasteiger partial charge in [-0.25, -0.2) is 14.2 Å². The highest BCUT2D eigenvalue weighted by molar-refractivity contribution is 7.85. The molecular formula is C22H25N7O3S. The molecule has 1 aliphatic rings. The molecule has 10 nitrogen and oxygen atoms in total. The molecule has 3 heterocycles. The number of aromatic nitrogens is 3. The molecule has 4 N–H and O–H groups in total. The van der Waals surface area contributed by atoms with Gasteiger partial charge in [-0.15, -0.1) is 0 Å². The second-order valence-electron chi connectivity index (χ2n) is 8.34. The van der Waals surface area contributed by atoms with Crippen LogP contribution in [0.3, 0.4) is 0 Å². The Hall–Kier alpha value is -3.73. The number of ether oxygens (including phenoxy) is 1. The third-order valence-electron chi connectivity index (χ3n) is 4.96. The molecule has 0 saturated carbocycles. The van der Waals surface area contributed by atoms with Gasteiger partial charge in [0.15, 0.2) is 0 Å². The number of anilines is 1. The monoisotopic (exact) mass is 467 g/mol. The summed E-state index contributed by atoms with van der Waals surface area (Å²) in [5.74, 6) is 1.77. The fourth-order valence-corrected chi connectivity index (χ4v) is 4.14. The maximum Gasteiger partial charge on any atom is 0.252 e. The van der Waals surface area contributed by atoms with Crippen LogP contribution in [0.4, 0.5) is 5.69 Å². The van der Waals surface area contributed by atoms with Crippen molar-refractivity contribution in [2.24, 2.45) is 10.1 Å². The number of amidine groups is 1. The van der Waals surface area contributed by atoms with Crippen LogP contribution in [0, 0.1) is 13.8 Å². The number of nitrogens with two attached hydrogens (primary N) is 1. The van der Waals surface area contributed by atoms with Crippen LogP contribution in [-0.2, 0) is 11.2 Å². The topological polar surface area (TPSA) is 137 Å². The van der Waals surface area contributed by atoms with E-state index in [1.807, 2.05) is 38.5 Å². The number of aryl methyl sites for hydroxylation is 2. The van der Waals surface area contributed by atoms with E-state index in [0.717, 1.165) is 11.5 Å². The van der Waals surface area contributed by atoms with Crippen molar-refractivity contribution in [3.63, 3.8) is 0 Å². The third-order valence-corrected chi connectivity index (χ3v) is 5.72. The lowest BCUT2D eigenvalue weighted by Gasteiger charge is -2.27. The molecule has 1 atom stereocenters. The summed E-state index contributed by atoms with van der Waals surface area (Å²) >= 11 is -1.62. The van der Waals surface area contributed by atoms with Gasteiger partial charge in [-0.05, 0) is 52.0 Å². The van der Waals surface area contributed by atoms with Crippen molar-refractivity contribution >= 4 is 28.6 Å². The lowest BCUT2D eigenvalue weighted by Crippen LogP contribution is -2.48. The Morgan fingerprint density at radius 1 is 1.30 bits per heavy atom. The molecule has 0 saturated heterocycles. The van der Waals surface area contributed by atoms with E-state index in [-0.39, 0.29) is 18.3 Å². The molecule has 1 aliphatic heterocycles. The van der Waals surface area contributed by atoms with Crippen molar-refractivity contribution in [1.29, 1.82) is 0 Å². The molecule has 0 aliphatic carbocycles. The molecular weight excluding hydrogens is 442 g/mol. The van der Waals surface area contributed by atoms with E-state index in [0.29, 0.717) is 28.4 Å². The van der Waals surface area contributed by atoms with Gasteiger partial charge in [0.25, 0.3) is 5.91 Å². The quantitative estimate of drug-likeness (QED) is 0.508. The predicted octanol–water partition coefficient (Wildman–Crippen LogP) is 2.18. The molecule has 11 heteroatoms. The first-order valence-corrected chi connectivity index (χ1v) is 11.3. The van der Waals surface area contributed by atoms with Gasteiger partial charge in [0.05, 0.1) is 22.5 Å². The molecule has 172 valence electrons. The number of benzene rings is 1. The van der Waals surface area contributed by atoms with Gasteiger partial charge < -0.3 is 15.8 Å². The van der Waals surface area contributed by atoms with Crippen LogP contribution in [0.15, 0.2) is 47.1 Å². The smallest absolute Gasteiger partial charge is 0.252 e. The lowest BCUT2D eigenvalue weighted by molar-refractivity contribution is 0.0880. The number of imidazole rings is 1. The summed E-state index contributed by atoms with van der Waals surface area (Å²) in [6.45, 7) is 7.67. The molecule has 0 bridgehead atoms. The summed E-state index contributed by atoms with van der Waals surface area (Å²) < 4.78 is 26.1. The SMILES string of the molecule is Cc1cn(-c2cc(C(=O)NC(C)(C)COc3cccc4c3C(N)=NS(=O)N4)ccn2)c(C)n1. The number of nitrogens with one attached hydrogen (secondary N) is 2. The summed E-state index contributed by atoms with van der Waals surface area (Å²) in [4.78, 5) is 21.7. The normalized spacial score (nSPS) is 15.3. The number of fused-ring (bicyclic) bond motifs is 1. The Labute approximate surface area is 194 Å². The number of amides is 1. The molecule has 0 radical (unpaired) electrons. The molecule has 33 heavy (non-hydrogen) atoms. The summed E-state index contributed by atoms with van der Waals surface area (Å²) in [5.41, 5.74) is 7.72. The summed E-state index contributed by atoms with van der Waals surface area (Å²) in [6.07, 6.45) is 3.47. The van der Waals surface area contributed by atoms with E-state index in [9.17, 15) is 9.00 Å². The molecule has 1 amide bonds. The number of rotatable bonds is 6. The van der Waals surface area contributed by atoms with Crippen molar-refractivity contribution < 1.29 is 13.7 Å². The lowest BCUT2D eigenvalue weighted by atomic mass is 10.1.